The zero-order valence-corrected chi connectivity index (χ0v) is 5.41. The van der Waals surface area contributed by atoms with Crippen molar-refractivity contribution in [2.75, 3.05) is 0 Å². The molecule has 0 saturated carbocycles. The highest BCUT2D eigenvalue weighted by molar-refractivity contribution is 8.88. The Hall–Kier alpha value is 1.24. The van der Waals surface area contributed by atoms with Crippen LogP contribution in [0, 0.1) is 0 Å². The molecule has 0 N–H and O–H groups in total. The van der Waals surface area contributed by atoms with Gasteiger partial charge in [0.05, 0.1) is 0 Å². The monoisotopic (exact) mass is 129 g/mol. The Labute approximate surface area is 52.1 Å². The van der Waals surface area contributed by atoms with Crippen molar-refractivity contribution in [3.63, 3.8) is 0 Å². The number of hydrogen-bond acceptors (Lipinski definition) is 3. The fraction of sp³-hybridized carbons (Fsp3) is 0. The highest BCUT2D eigenvalue weighted by atomic mass is 32.3. The van der Waals surface area contributed by atoms with Gasteiger partial charge in [-0.05, 0) is 0 Å². The smallest absolute Gasteiger partial charge is 0.243 e. The van der Waals surface area contributed by atoms with Crippen molar-refractivity contribution in [3.05, 3.63) is 0 Å². The molecule has 6 heteroatoms. The lowest BCUT2D eigenvalue weighted by Crippen LogP contribution is -1.93. The highest BCUT2D eigenvalue weighted by Crippen LogP contribution is 2.20. The molecule has 1 heterocycles. The lowest BCUT2D eigenvalue weighted by molar-refractivity contribution is 4.47. The second-order valence-electron chi connectivity index (χ2n) is 0.697. The van der Waals surface area contributed by atoms with Crippen LogP contribution in [0.2, 0.25) is 0 Å². The Morgan fingerprint density at radius 3 is 1.17 bits per heavy atom. The van der Waals surface area contributed by atoms with E-state index in [1.165, 1.54) is 0 Å². The Morgan fingerprint density at radius 1 is 0.667 bits per heavy atom. The van der Waals surface area contributed by atoms with Crippen LogP contribution in [0.15, 0.2) is 0 Å². The van der Waals surface area contributed by atoms with Gasteiger partial charge in [-0.1, -0.05) is 0 Å². The van der Waals surface area contributed by atoms with E-state index in [1.807, 2.05) is 0 Å². The van der Waals surface area contributed by atoms with Crippen LogP contribution in [0.5, 0.6) is 0 Å². The summed E-state index contributed by atoms with van der Waals surface area (Å²) in [6.45, 7) is 0. The van der Waals surface area contributed by atoms with Gasteiger partial charge in [0.2, 0.25) is 17.5 Å². The predicted molar refractivity (Wildman–Crippen MR) is 40.0 cm³/mol. The molecule has 6 heavy (non-hydrogen) atoms. The van der Waals surface area contributed by atoms with Crippen LogP contribution in [-0.4, -0.2) is 17.5 Å². The minimum Gasteiger partial charge on any atom is -0.243 e. The molecule has 1 saturated heterocycles. The maximum Gasteiger partial charge on any atom is 0.243 e. The molecule has 3 radical (unpaired) electrons. The number of rotatable bonds is 0. The fourth-order valence-electron chi connectivity index (χ4n) is 0.164. The molecule has 27 valence electrons. The molecular weight excluding hydrogens is 129 g/mol. The summed E-state index contributed by atoms with van der Waals surface area (Å²) in [5, 5.41) is 0. The first-order valence-electron chi connectivity index (χ1n) is 1.41. The van der Waals surface area contributed by atoms with Crippen molar-refractivity contribution in [2.45, 2.75) is 0 Å². The molecule has 1 aliphatic rings. The zero-order valence-electron chi connectivity index (χ0n) is 2.96. The summed E-state index contributed by atoms with van der Waals surface area (Å²) >= 11 is 5.22. The van der Waals surface area contributed by atoms with E-state index < -0.39 is 0 Å². The normalized spacial score (nSPS) is 20.0. The van der Waals surface area contributed by atoms with Gasteiger partial charge in [-0.25, -0.2) is 34.4 Å². The van der Waals surface area contributed by atoms with Crippen molar-refractivity contribution in [1.29, 1.82) is 0 Å². The lowest BCUT2D eigenvalue weighted by atomic mass is 10.6. The molecule has 1 rings (SSSR count). The van der Waals surface area contributed by atoms with E-state index >= 15 is 0 Å². The molecule has 0 bridgehead atoms. The lowest BCUT2D eigenvalue weighted by Gasteiger charge is -2.01. The maximum atomic E-state index is 2.09. The van der Waals surface area contributed by atoms with E-state index in [2.05, 4.69) is 17.5 Å². The van der Waals surface area contributed by atoms with E-state index in [-0.39, 0.29) is 0 Å². The zero-order chi connectivity index (χ0) is 4.24. The highest BCUT2D eigenvalue weighted by Gasteiger charge is 2.02. The Balaban J connectivity index is 2.00. The van der Waals surface area contributed by atoms with Crippen LogP contribution in [0.3, 0.4) is 0 Å². The van der Waals surface area contributed by atoms with Gasteiger partial charge in [0.25, 0.3) is 0 Å². The van der Waals surface area contributed by atoms with Gasteiger partial charge in [-0.2, -0.15) is 0 Å². The van der Waals surface area contributed by atoms with Gasteiger partial charge < -0.3 is 0 Å². The van der Waals surface area contributed by atoms with Gasteiger partial charge in [-0.3, -0.25) is 0 Å². The standard InChI is InChI=1S/B3S3/c1-4-2-6-3-5-1. The third-order valence-electron chi connectivity index (χ3n) is 0.333. The van der Waals surface area contributed by atoms with Gasteiger partial charge >= 0.3 is 0 Å². The molecule has 0 nitrogen and oxygen atoms in total. The molecule has 0 spiro atoms. The summed E-state index contributed by atoms with van der Waals surface area (Å²) < 4.78 is 0. The summed E-state index contributed by atoms with van der Waals surface area (Å²) in [6.07, 6.45) is 0. The minimum absolute atomic E-state index is 1.74. The summed E-state index contributed by atoms with van der Waals surface area (Å²) in [6, 6.07) is 0. The average molecular weight is 129 g/mol. The summed E-state index contributed by atoms with van der Waals surface area (Å²) in [7, 11) is 0. The van der Waals surface area contributed by atoms with E-state index in [0.29, 0.717) is 0 Å². The largest absolute Gasteiger partial charge is 0.243 e. The first-order valence-corrected chi connectivity index (χ1v) is 4.24. The third-order valence-corrected chi connectivity index (χ3v) is 3.00. The van der Waals surface area contributed by atoms with E-state index in [1.54, 1.807) is 34.4 Å². The van der Waals surface area contributed by atoms with Gasteiger partial charge in [0, 0.05) is 0 Å². The molecule has 0 aromatic heterocycles. The van der Waals surface area contributed by atoms with Crippen LogP contribution < -0.4 is 0 Å². The summed E-state index contributed by atoms with van der Waals surface area (Å²) in [5.74, 6) is 6.28. The second-order valence-corrected chi connectivity index (χ2v) is 3.82. The molecule has 0 aromatic carbocycles. The quantitative estimate of drug-likeness (QED) is 0.443. The Bertz CT molecular complexity index is 21.5. The van der Waals surface area contributed by atoms with Crippen LogP contribution in [0.1, 0.15) is 0 Å². The molecule has 0 atom stereocenters. The topological polar surface area (TPSA) is 0 Å². The van der Waals surface area contributed by atoms with E-state index in [9.17, 15) is 0 Å². The van der Waals surface area contributed by atoms with Crippen LogP contribution in [0.4, 0.5) is 0 Å². The Morgan fingerprint density at radius 2 is 1.00 bits per heavy atom. The van der Waals surface area contributed by atoms with Crippen molar-refractivity contribution in [2.24, 2.45) is 0 Å². The molecule has 0 amide bonds. The van der Waals surface area contributed by atoms with Crippen molar-refractivity contribution in [1.82, 2.24) is 0 Å². The fourth-order valence-corrected chi connectivity index (χ4v) is 2.70. The van der Waals surface area contributed by atoms with E-state index in [4.69, 9.17) is 0 Å². The van der Waals surface area contributed by atoms with Crippen LogP contribution in [0.25, 0.3) is 0 Å². The number of hydrogen-bond donors (Lipinski definition) is 0. The van der Waals surface area contributed by atoms with Crippen molar-refractivity contribution >= 4 is 51.9 Å². The first-order chi connectivity index (χ1) is 3.00. The van der Waals surface area contributed by atoms with Crippen LogP contribution >= 0.6 is 34.4 Å². The third kappa shape index (κ3) is 1.80. The maximum absolute atomic E-state index is 2.09. The van der Waals surface area contributed by atoms with Crippen molar-refractivity contribution in [3.8, 4) is 0 Å². The van der Waals surface area contributed by atoms with Gasteiger partial charge in [-0.15, -0.1) is 0 Å². The summed E-state index contributed by atoms with van der Waals surface area (Å²) in [5.41, 5.74) is 0. The van der Waals surface area contributed by atoms with Crippen LogP contribution in [-0.2, 0) is 0 Å². The Kier molecular flexibility index (Phi) is 2.94. The van der Waals surface area contributed by atoms with E-state index in [0.717, 1.165) is 0 Å². The van der Waals surface area contributed by atoms with Crippen molar-refractivity contribution < 1.29 is 0 Å². The first kappa shape index (κ1) is 5.38. The second kappa shape index (κ2) is 3.27. The molecular formula is B3S3. The SMILES string of the molecule is [B]1S[B]S[B]S1. The molecule has 0 aromatic rings. The minimum atomic E-state index is 1.74. The summed E-state index contributed by atoms with van der Waals surface area (Å²) in [4.78, 5) is 0. The molecule has 0 unspecified atom stereocenters. The molecule has 0 aliphatic carbocycles. The average Bonchev–Trinajstić information content (AvgIpc) is 1.72. The molecule has 1 aliphatic heterocycles. The predicted octanol–water partition coefficient (Wildman–Crippen LogP) is 0.802. The van der Waals surface area contributed by atoms with Gasteiger partial charge in [0.15, 0.2) is 0 Å². The van der Waals surface area contributed by atoms with Gasteiger partial charge in [0.1, 0.15) is 0 Å². The molecule has 1 fully saturated rings.